The lowest BCUT2D eigenvalue weighted by molar-refractivity contribution is 0.0737. The fourth-order valence-electron chi connectivity index (χ4n) is 2.25. The molecule has 1 aliphatic heterocycles. The Balaban J connectivity index is 1.85. The van der Waals surface area contributed by atoms with Gasteiger partial charge in [-0.3, -0.25) is 14.9 Å². The average Bonchev–Trinajstić information content (AvgIpc) is 3.09. The number of nitrogens with zero attached hydrogens (tertiary/aromatic N) is 3. The predicted octanol–water partition coefficient (Wildman–Crippen LogP) is 1.84. The third kappa shape index (κ3) is 1.84. The summed E-state index contributed by atoms with van der Waals surface area (Å²) >= 11 is 1.39. The van der Waals surface area contributed by atoms with Crippen molar-refractivity contribution in [2.24, 2.45) is 0 Å². The van der Waals surface area contributed by atoms with Crippen molar-refractivity contribution in [3.05, 3.63) is 34.5 Å². The minimum Gasteiger partial charge on any atom is -0.329 e. The van der Waals surface area contributed by atoms with Gasteiger partial charge in [0.25, 0.3) is 5.91 Å². The van der Waals surface area contributed by atoms with Crippen molar-refractivity contribution in [3.8, 4) is 0 Å². The van der Waals surface area contributed by atoms with E-state index in [2.05, 4.69) is 15.2 Å². The molecule has 1 aliphatic rings. The number of thiazole rings is 1. The van der Waals surface area contributed by atoms with Gasteiger partial charge in [0.2, 0.25) is 0 Å². The van der Waals surface area contributed by atoms with Crippen molar-refractivity contribution in [2.45, 2.75) is 18.9 Å². The molecule has 0 spiro atoms. The molecular weight excluding hydrogens is 236 g/mol. The van der Waals surface area contributed by atoms with E-state index in [4.69, 9.17) is 0 Å². The van der Waals surface area contributed by atoms with E-state index in [1.165, 1.54) is 11.3 Å². The lowest BCUT2D eigenvalue weighted by Gasteiger charge is -2.22. The number of nitrogens with one attached hydrogen (secondary N) is 1. The molecule has 0 unspecified atom stereocenters. The summed E-state index contributed by atoms with van der Waals surface area (Å²) in [5.74, 6) is 0.0737. The van der Waals surface area contributed by atoms with E-state index >= 15 is 0 Å². The van der Waals surface area contributed by atoms with Crippen molar-refractivity contribution in [1.29, 1.82) is 0 Å². The lowest BCUT2D eigenvalue weighted by atomic mass is 10.1. The first-order valence-electron chi connectivity index (χ1n) is 5.55. The van der Waals surface area contributed by atoms with Gasteiger partial charge in [-0.05, 0) is 18.9 Å². The quantitative estimate of drug-likeness (QED) is 0.882. The molecule has 6 heteroatoms. The first kappa shape index (κ1) is 10.5. The summed E-state index contributed by atoms with van der Waals surface area (Å²) in [7, 11) is 0. The molecule has 0 bridgehead atoms. The van der Waals surface area contributed by atoms with Crippen LogP contribution < -0.4 is 0 Å². The molecule has 0 aromatic carbocycles. The van der Waals surface area contributed by atoms with E-state index < -0.39 is 0 Å². The van der Waals surface area contributed by atoms with Crippen LogP contribution in [0.4, 0.5) is 0 Å². The number of carbonyl (C=O) groups excluding carboxylic acids is 1. The number of H-pyrrole nitrogens is 1. The zero-order chi connectivity index (χ0) is 11.7. The van der Waals surface area contributed by atoms with E-state index in [-0.39, 0.29) is 11.9 Å². The zero-order valence-electron chi connectivity index (χ0n) is 9.17. The number of carbonyl (C=O) groups is 1. The lowest BCUT2D eigenvalue weighted by Crippen LogP contribution is -2.30. The number of aromatic nitrogens is 3. The van der Waals surface area contributed by atoms with Crippen LogP contribution in [0, 0.1) is 0 Å². The predicted molar refractivity (Wildman–Crippen MR) is 63.7 cm³/mol. The van der Waals surface area contributed by atoms with Gasteiger partial charge in [0, 0.05) is 12.7 Å². The van der Waals surface area contributed by atoms with Crippen LogP contribution in [-0.2, 0) is 0 Å². The maximum absolute atomic E-state index is 12.3. The van der Waals surface area contributed by atoms with Gasteiger partial charge in [-0.25, -0.2) is 0 Å². The first-order chi connectivity index (χ1) is 8.36. The summed E-state index contributed by atoms with van der Waals surface area (Å²) in [6.45, 7) is 0.806. The van der Waals surface area contributed by atoms with Crippen LogP contribution in [0.3, 0.4) is 0 Å². The number of amides is 1. The molecule has 1 N–H and O–H groups in total. The molecule has 0 saturated carbocycles. The van der Waals surface area contributed by atoms with Crippen molar-refractivity contribution < 1.29 is 4.79 Å². The Labute approximate surface area is 102 Å². The van der Waals surface area contributed by atoms with Crippen LogP contribution in [0.15, 0.2) is 24.0 Å². The minimum absolute atomic E-state index is 0.0737. The number of hydrogen-bond acceptors (Lipinski definition) is 4. The Bertz CT molecular complexity index is 494. The summed E-state index contributed by atoms with van der Waals surface area (Å²) in [5.41, 5.74) is 2.70. The van der Waals surface area contributed by atoms with Crippen LogP contribution in [0.25, 0.3) is 0 Å². The normalized spacial score (nSPS) is 19.8. The Kier molecular flexibility index (Phi) is 2.64. The largest absolute Gasteiger partial charge is 0.329 e. The first-order valence-corrected chi connectivity index (χ1v) is 6.43. The van der Waals surface area contributed by atoms with Gasteiger partial charge < -0.3 is 4.90 Å². The fourth-order valence-corrected chi connectivity index (χ4v) is 2.82. The number of rotatable bonds is 2. The molecule has 0 aliphatic carbocycles. The second-order valence-corrected chi connectivity index (χ2v) is 4.92. The summed E-state index contributed by atoms with van der Waals surface area (Å²) in [4.78, 5) is 18.8. The molecule has 1 fully saturated rings. The van der Waals surface area contributed by atoms with Gasteiger partial charge >= 0.3 is 0 Å². The Morgan fingerprint density at radius 1 is 1.59 bits per heavy atom. The molecule has 5 nitrogen and oxygen atoms in total. The van der Waals surface area contributed by atoms with Crippen molar-refractivity contribution >= 4 is 17.2 Å². The molecule has 1 amide bonds. The molecule has 1 atom stereocenters. The van der Waals surface area contributed by atoms with E-state index in [1.54, 1.807) is 17.9 Å². The second kappa shape index (κ2) is 4.29. The molecule has 2 aromatic heterocycles. The van der Waals surface area contributed by atoms with Crippen molar-refractivity contribution in [3.63, 3.8) is 0 Å². The van der Waals surface area contributed by atoms with Crippen LogP contribution in [0.1, 0.15) is 34.2 Å². The minimum atomic E-state index is 0.0737. The SMILES string of the molecule is O=C(c1cncs1)N1CCC[C@@H]1c1ccn[nH]1. The van der Waals surface area contributed by atoms with Gasteiger partial charge in [0.15, 0.2) is 0 Å². The maximum Gasteiger partial charge on any atom is 0.266 e. The highest BCUT2D eigenvalue weighted by atomic mass is 32.1. The number of aromatic amines is 1. The van der Waals surface area contributed by atoms with Gasteiger partial charge in [0.1, 0.15) is 4.88 Å². The van der Waals surface area contributed by atoms with Crippen LogP contribution in [-0.4, -0.2) is 32.5 Å². The average molecular weight is 248 g/mol. The Morgan fingerprint density at radius 3 is 3.24 bits per heavy atom. The molecule has 2 aromatic rings. The van der Waals surface area contributed by atoms with Gasteiger partial charge in [0.05, 0.1) is 23.4 Å². The smallest absolute Gasteiger partial charge is 0.266 e. The Hall–Kier alpha value is -1.69. The fraction of sp³-hybridized carbons (Fsp3) is 0.364. The highest BCUT2D eigenvalue weighted by molar-refractivity contribution is 7.11. The third-order valence-electron chi connectivity index (χ3n) is 3.04. The third-order valence-corrected chi connectivity index (χ3v) is 3.80. The monoisotopic (exact) mass is 248 g/mol. The molecule has 3 heterocycles. The molecule has 1 saturated heterocycles. The van der Waals surface area contributed by atoms with E-state index in [9.17, 15) is 4.79 Å². The summed E-state index contributed by atoms with van der Waals surface area (Å²) in [6.07, 6.45) is 5.39. The van der Waals surface area contributed by atoms with Gasteiger partial charge in [-0.2, -0.15) is 5.10 Å². The maximum atomic E-state index is 12.3. The van der Waals surface area contributed by atoms with Crippen LogP contribution >= 0.6 is 11.3 Å². The van der Waals surface area contributed by atoms with Crippen molar-refractivity contribution in [2.75, 3.05) is 6.54 Å². The molecular formula is C11H12N4OS. The van der Waals surface area contributed by atoms with E-state index in [1.807, 2.05) is 11.0 Å². The van der Waals surface area contributed by atoms with Crippen molar-refractivity contribution in [1.82, 2.24) is 20.1 Å². The van der Waals surface area contributed by atoms with Gasteiger partial charge in [-0.1, -0.05) is 0 Å². The highest BCUT2D eigenvalue weighted by Crippen LogP contribution is 2.32. The van der Waals surface area contributed by atoms with Crippen LogP contribution in [0.5, 0.6) is 0 Å². The molecule has 17 heavy (non-hydrogen) atoms. The highest BCUT2D eigenvalue weighted by Gasteiger charge is 2.31. The summed E-state index contributed by atoms with van der Waals surface area (Å²) in [5, 5.41) is 6.90. The summed E-state index contributed by atoms with van der Waals surface area (Å²) in [6, 6.07) is 2.07. The number of hydrogen-bond donors (Lipinski definition) is 1. The summed E-state index contributed by atoms with van der Waals surface area (Å²) < 4.78 is 0. The topological polar surface area (TPSA) is 61.9 Å². The standard InChI is InChI=1S/C11H12N4OS/c16-11(10-6-12-7-17-10)15-5-1-2-9(15)8-3-4-13-14-8/h3-4,6-7,9H,1-2,5H2,(H,13,14)/t9-/m1/s1. The zero-order valence-corrected chi connectivity index (χ0v) is 9.98. The van der Waals surface area contributed by atoms with E-state index in [0.717, 1.165) is 25.1 Å². The van der Waals surface area contributed by atoms with E-state index in [0.29, 0.717) is 4.88 Å². The second-order valence-electron chi connectivity index (χ2n) is 4.03. The Morgan fingerprint density at radius 2 is 2.53 bits per heavy atom. The van der Waals surface area contributed by atoms with Gasteiger partial charge in [-0.15, -0.1) is 11.3 Å². The molecule has 3 rings (SSSR count). The number of likely N-dealkylation sites (tertiary alicyclic amines) is 1. The molecule has 0 radical (unpaired) electrons. The molecule has 88 valence electrons. The van der Waals surface area contributed by atoms with Crippen LogP contribution in [0.2, 0.25) is 0 Å².